The molecule has 0 saturated carbocycles. The standard InChI is InChI=1S/C16H23N3O6S/c1-5-10(2)14(16(21)25-4)17-15(20)11(3)19-26(23,24)13-8-6-12(18-22)7-9-13/h6-11,14,19H,5H2,1-4H3,(H,17,20)/t10-,11-,14-/m0/s1. The Morgan fingerprint density at radius 3 is 2.23 bits per heavy atom. The monoisotopic (exact) mass is 385 g/mol. The van der Waals surface area contributed by atoms with E-state index < -0.39 is 34.0 Å². The summed E-state index contributed by atoms with van der Waals surface area (Å²) in [6, 6.07) is 2.92. The first-order valence-corrected chi connectivity index (χ1v) is 9.48. The molecule has 3 atom stereocenters. The molecule has 0 bridgehead atoms. The first-order valence-electron chi connectivity index (χ1n) is 8.00. The van der Waals surface area contributed by atoms with Gasteiger partial charge in [0.2, 0.25) is 15.9 Å². The molecule has 26 heavy (non-hydrogen) atoms. The number of amides is 1. The Kier molecular flexibility index (Phi) is 7.84. The second-order valence-corrected chi connectivity index (χ2v) is 7.54. The number of esters is 1. The zero-order chi connectivity index (χ0) is 19.9. The molecule has 1 rings (SSSR count). The molecule has 144 valence electrons. The Balaban J connectivity index is 2.86. The van der Waals surface area contributed by atoms with E-state index in [0.717, 1.165) is 0 Å². The van der Waals surface area contributed by atoms with Crippen LogP contribution in [0.5, 0.6) is 0 Å². The molecule has 0 spiro atoms. The quantitative estimate of drug-likeness (QED) is 0.489. The van der Waals surface area contributed by atoms with Gasteiger partial charge in [-0.2, -0.15) is 4.72 Å². The number of nitroso groups, excluding NO2 is 1. The largest absolute Gasteiger partial charge is 0.467 e. The van der Waals surface area contributed by atoms with Crippen LogP contribution in [-0.4, -0.2) is 39.5 Å². The third kappa shape index (κ3) is 5.60. The predicted octanol–water partition coefficient (Wildman–Crippen LogP) is 1.46. The highest BCUT2D eigenvalue weighted by Crippen LogP contribution is 2.16. The zero-order valence-electron chi connectivity index (χ0n) is 15.1. The molecule has 0 aliphatic heterocycles. The summed E-state index contributed by atoms with van der Waals surface area (Å²) in [5.74, 6) is -1.44. The third-order valence-corrected chi connectivity index (χ3v) is 5.50. The lowest BCUT2D eigenvalue weighted by Gasteiger charge is -2.23. The van der Waals surface area contributed by atoms with Crippen LogP contribution in [0.3, 0.4) is 0 Å². The van der Waals surface area contributed by atoms with Gasteiger partial charge in [-0.15, -0.1) is 4.91 Å². The maximum Gasteiger partial charge on any atom is 0.328 e. The molecule has 1 aromatic rings. The van der Waals surface area contributed by atoms with Crippen molar-refractivity contribution in [2.75, 3.05) is 7.11 Å². The number of carbonyl (C=O) groups is 2. The lowest BCUT2D eigenvalue weighted by atomic mass is 9.99. The number of nitrogens with zero attached hydrogens (tertiary/aromatic N) is 1. The van der Waals surface area contributed by atoms with Crippen molar-refractivity contribution >= 4 is 27.6 Å². The van der Waals surface area contributed by atoms with Crippen LogP contribution in [0.2, 0.25) is 0 Å². The van der Waals surface area contributed by atoms with E-state index in [1.54, 1.807) is 6.92 Å². The van der Waals surface area contributed by atoms with Crippen molar-refractivity contribution in [3.05, 3.63) is 29.2 Å². The number of nitrogens with one attached hydrogen (secondary N) is 2. The number of sulfonamides is 1. The molecular formula is C16H23N3O6S. The van der Waals surface area contributed by atoms with Crippen LogP contribution >= 0.6 is 0 Å². The molecule has 1 amide bonds. The number of ether oxygens (including phenoxy) is 1. The van der Waals surface area contributed by atoms with Crippen molar-refractivity contribution in [3.63, 3.8) is 0 Å². The van der Waals surface area contributed by atoms with E-state index >= 15 is 0 Å². The summed E-state index contributed by atoms with van der Waals surface area (Å²) in [4.78, 5) is 34.4. The minimum atomic E-state index is -3.99. The van der Waals surface area contributed by atoms with Gasteiger partial charge in [-0.05, 0) is 42.3 Å². The Hall–Kier alpha value is -2.33. The minimum Gasteiger partial charge on any atom is -0.467 e. The highest BCUT2D eigenvalue weighted by atomic mass is 32.2. The minimum absolute atomic E-state index is 0.0872. The molecule has 0 unspecified atom stereocenters. The summed E-state index contributed by atoms with van der Waals surface area (Å²) < 4.78 is 31.6. The Morgan fingerprint density at radius 1 is 1.19 bits per heavy atom. The summed E-state index contributed by atoms with van der Waals surface area (Å²) in [6.07, 6.45) is 0.622. The SMILES string of the molecule is CC[C@H](C)[C@H](NC(=O)[C@H](C)NS(=O)(=O)c1ccc(N=O)cc1)C(=O)OC. The van der Waals surface area contributed by atoms with Gasteiger partial charge in [0.25, 0.3) is 0 Å². The number of methoxy groups -OCH3 is 1. The Bertz CT molecular complexity index is 748. The summed E-state index contributed by atoms with van der Waals surface area (Å²) in [5.41, 5.74) is 0.0872. The summed E-state index contributed by atoms with van der Waals surface area (Å²) in [6.45, 7) is 5.00. The van der Waals surface area contributed by atoms with Crippen LogP contribution in [0.1, 0.15) is 27.2 Å². The van der Waals surface area contributed by atoms with E-state index in [0.29, 0.717) is 6.42 Å². The predicted molar refractivity (Wildman–Crippen MR) is 95.1 cm³/mol. The summed E-state index contributed by atoms with van der Waals surface area (Å²) >= 11 is 0. The Morgan fingerprint density at radius 2 is 1.77 bits per heavy atom. The van der Waals surface area contributed by atoms with E-state index in [1.807, 2.05) is 6.92 Å². The zero-order valence-corrected chi connectivity index (χ0v) is 15.9. The van der Waals surface area contributed by atoms with Crippen LogP contribution in [-0.2, 0) is 24.3 Å². The molecule has 0 fully saturated rings. The highest BCUT2D eigenvalue weighted by molar-refractivity contribution is 7.89. The fourth-order valence-electron chi connectivity index (χ4n) is 2.11. The van der Waals surface area contributed by atoms with E-state index in [1.165, 1.54) is 38.3 Å². The molecule has 0 aromatic heterocycles. The number of carbonyl (C=O) groups excluding carboxylic acids is 2. The van der Waals surface area contributed by atoms with Crippen LogP contribution < -0.4 is 10.0 Å². The van der Waals surface area contributed by atoms with Crippen molar-refractivity contribution in [2.24, 2.45) is 11.1 Å². The van der Waals surface area contributed by atoms with Crippen molar-refractivity contribution in [1.82, 2.24) is 10.0 Å². The topological polar surface area (TPSA) is 131 Å². The van der Waals surface area contributed by atoms with E-state index in [2.05, 4.69) is 20.0 Å². The lowest BCUT2D eigenvalue weighted by molar-refractivity contribution is -0.146. The van der Waals surface area contributed by atoms with E-state index in [9.17, 15) is 22.9 Å². The Labute approximate surface area is 152 Å². The van der Waals surface area contributed by atoms with E-state index in [-0.39, 0.29) is 16.5 Å². The smallest absolute Gasteiger partial charge is 0.328 e. The maximum atomic E-state index is 12.3. The average Bonchev–Trinajstić information content (AvgIpc) is 2.64. The van der Waals surface area contributed by atoms with Gasteiger partial charge >= 0.3 is 5.97 Å². The van der Waals surface area contributed by atoms with Crippen molar-refractivity contribution in [1.29, 1.82) is 0 Å². The molecule has 1 aromatic carbocycles. The van der Waals surface area contributed by atoms with Crippen molar-refractivity contribution in [2.45, 2.75) is 44.2 Å². The first-order chi connectivity index (χ1) is 12.2. The molecule has 0 saturated heterocycles. The van der Waals surface area contributed by atoms with Crippen LogP contribution in [0.4, 0.5) is 5.69 Å². The van der Waals surface area contributed by atoms with Crippen LogP contribution in [0.25, 0.3) is 0 Å². The molecule has 0 heterocycles. The van der Waals surface area contributed by atoms with Crippen LogP contribution in [0, 0.1) is 10.8 Å². The van der Waals surface area contributed by atoms with Crippen LogP contribution in [0.15, 0.2) is 34.3 Å². The second kappa shape index (κ2) is 9.39. The van der Waals surface area contributed by atoms with E-state index in [4.69, 9.17) is 0 Å². The normalized spacial score (nSPS) is 14.8. The molecule has 2 N–H and O–H groups in total. The number of hydrogen-bond acceptors (Lipinski definition) is 7. The van der Waals surface area contributed by atoms with Gasteiger partial charge in [-0.1, -0.05) is 20.3 Å². The lowest BCUT2D eigenvalue weighted by Crippen LogP contribution is -2.52. The molecule has 0 radical (unpaired) electrons. The molecular weight excluding hydrogens is 362 g/mol. The number of hydrogen-bond donors (Lipinski definition) is 2. The fourth-order valence-corrected chi connectivity index (χ4v) is 3.32. The van der Waals surface area contributed by atoms with Gasteiger partial charge in [-0.3, -0.25) is 4.79 Å². The molecule has 0 aliphatic rings. The second-order valence-electron chi connectivity index (χ2n) is 5.82. The fraction of sp³-hybridized carbons (Fsp3) is 0.500. The summed E-state index contributed by atoms with van der Waals surface area (Å²) in [5, 5.41) is 5.21. The van der Waals surface area contributed by atoms with Gasteiger partial charge in [0, 0.05) is 0 Å². The maximum absolute atomic E-state index is 12.3. The van der Waals surface area contributed by atoms with Gasteiger partial charge < -0.3 is 10.1 Å². The highest BCUT2D eigenvalue weighted by Gasteiger charge is 2.30. The number of rotatable bonds is 9. The first kappa shape index (κ1) is 21.7. The average molecular weight is 385 g/mol. The molecule has 9 nitrogen and oxygen atoms in total. The molecule has 10 heteroatoms. The van der Waals surface area contributed by atoms with Gasteiger partial charge in [0.05, 0.1) is 18.0 Å². The van der Waals surface area contributed by atoms with Gasteiger partial charge in [0.1, 0.15) is 11.7 Å². The van der Waals surface area contributed by atoms with Crippen molar-refractivity contribution < 1.29 is 22.7 Å². The number of benzene rings is 1. The van der Waals surface area contributed by atoms with Gasteiger partial charge in [-0.25, -0.2) is 13.2 Å². The summed E-state index contributed by atoms with van der Waals surface area (Å²) in [7, 11) is -2.77. The third-order valence-electron chi connectivity index (χ3n) is 3.94. The van der Waals surface area contributed by atoms with Gasteiger partial charge in [0.15, 0.2) is 0 Å². The molecule has 0 aliphatic carbocycles. The van der Waals surface area contributed by atoms with Crippen molar-refractivity contribution in [3.8, 4) is 0 Å².